The molecule has 17 heavy (non-hydrogen) atoms. The minimum atomic E-state index is -1.17. The van der Waals surface area contributed by atoms with Crippen LogP contribution in [0.3, 0.4) is 0 Å². The number of ether oxygens (including phenoxy) is 1. The van der Waals surface area contributed by atoms with Gasteiger partial charge in [0, 0.05) is 29.2 Å². The highest BCUT2D eigenvalue weighted by atomic mass is 32.2. The summed E-state index contributed by atoms with van der Waals surface area (Å²) in [6.45, 7) is 1.39. The van der Waals surface area contributed by atoms with Crippen LogP contribution in [0.15, 0.2) is 29.2 Å². The van der Waals surface area contributed by atoms with Crippen molar-refractivity contribution >= 4 is 10.8 Å². The average Bonchev–Trinajstić information content (AvgIpc) is 2.83. The normalized spacial score (nSPS) is 23.5. The molecule has 1 heterocycles. The molecular weight excluding hydrogens is 241 g/mol. The Morgan fingerprint density at radius 2 is 2.18 bits per heavy atom. The van der Waals surface area contributed by atoms with E-state index in [4.69, 9.17) is 10.5 Å². The van der Waals surface area contributed by atoms with Crippen LogP contribution in [0.1, 0.15) is 6.42 Å². The lowest BCUT2D eigenvalue weighted by atomic mass is 10.0. The number of hydrogen-bond acceptors (Lipinski definition) is 3. The Hall–Kier alpha value is -0.780. The highest BCUT2D eigenvalue weighted by molar-refractivity contribution is 7.85. The number of nitrogens with two attached hydrogens (primary N) is 1. The highest BCUT2D eigenvalue weighted by Crippen LogP contribution is 2.18. The van der Waals surface area contributed by atoms with Gasteiger partial charge in [0.2, 0.25) is 0 Å². The van der Waals surface area contributed by atoms with Gasteiger partial charge in [0.15, 0.2) is 0 Å². The second-order valence-corrected chi connectivity index (χ2v) is 5.75. The number of halogens is 1. The van der Waals surface area contributed by atoms with Gasteiger partial charge in [-0.15, -0.1) is 0 Å². The Labute approximate surface area is 103 Å². The van der Waals surface area contributed by atoms with Crippen LogP contribution in [0, 0.1) is 11.7 Å². The summed E-state index contributed by atoms with van der Waals surface area (Å²) in [5, 5.41) is 0. The summed E-state index contributed by atoms with van der Waals surface area (Å²) >= 11 is 0. The summed E-state index contributed by atoms with van der Waals surface area (Å²) in [5.74, 6) is 0.373. The van der Waals surface area contributed by atoms with Gasteiger partial charge >= 0.3 is 0 Å². The largest absolute Gasteiger partial charge is 0.381 e. The first-order valence-electron chi connectivity index (χ1n) is 5.64. The Kier molecular flexibility index (Phi) is 4.25. The smallest absolute Gasteiger partial charge is 0.123 e. The van der Waals surface area contributed by atoms with Crippen LogP contribution in [0.25, 0.3) is 0 Å². The maximum Gasteiger partial charge on any atom is 0.123 e. The molecular formula is C12H16FNO2S. The molecule has 1 saturated heterocycles. The van der Waals surface area contributed by atoms with E-state index < -0.39 is 10.8 Å². The lowest BCUT2D eigenvalue weighted by molar-refractivity contribution is 0.182. The summed E-state index contributed by atoms with van der Waals surface area (Å²) in [4.78, 5) is 0.626. The molecule has 94 valence electrons. The average molecular weight is 257 g/mol. The van der Waals surface area contributed by atoms with Gasteiger partial charge in [0.1, 0.15) is 5.82 Å². The summed E-state index contributed by atoms with van der Waals surface area (Å²) in [7, 11) is -1.17. The molecule has 0 amide bonds. The van der Waals surface area contributed by atoms with E-state index >= 15 is 0 Å². The summed E-state index contributed by atoms with van der Waals surface area (Å²) in [5.41, 5.74) is 6.00. The van der Waals surface area contributed by atoms with Crippen LogP contribution in [0.4, 0.5) is 4.39 Å². The lowest BCUT2D eigenvalue weighted by Crippen LogP contribution is -2.35. The highest BCUT2D eigenvalue weighted by Gasteiger charge is 2.24. The predicted molar refractivity (Wildman–Crippen MR) is 64.6 cm³/mol. The van der Waals surface area contributed by atoms with Crippen LogP contribution in [-0.2, 0) is 15.5 Å². The maximum absolute atomic E-state index is 12.7. The molecule has 0 bridgehead atoms. The van der Waals surface area contributed by atoms with Crippen molar-refractivity contribution in [3.05, 3.63) is 30.1 Å². The molecule has 2 rings (SSSR count). The topological polar surface area (TPSA) is 52.3 Å². The maximum atomic E-state index is 12.7. The standard InChI is InChI=1S/C12H16FNO2S/c13-10-1-3-11(4-2-10)17(15)8-12(14)9-5-6-16-7-9/h1-4,9,12H,5-8,14H2. The second-order valence-electron chi connectivity index (χ2n) is 4.25. The summed E-state index contributed by atoms with van der Waals surface area (Å²) in [6, 6.07) is 5.60. The molecule has 1 fully saturated rings. The first-order chi connectivity index (χ1) is 8.16. The van der Waals surface area contributed by atoms with Gasteiger partial charge in [-0.25, -0.2) is 4.39 Å². The van der Waals surface area contributed by atoms with Gasteiger partial charge in [-0.1, -0.05) is 0 Å². The van der Waals surface area contributed by atoms with Crippen LogP contribution in [-0.4, -0.2) is 29.2 Å². The molecule has 1 aliphatic heterocycles. The SMILES string of the molecule is NC(CS(=O)c1ccc(F)cc1)C1CCOC1. The molecule has 2 N–H and O–H groups in total. The molecule has 0 aliphatic carbocycles. The van der Waals surface area contributed by atoms with E-state index in [1.807, 2.05) is 0 Å². The van der Waals surface area contributed by atoms with Crippen molar-refractivity contribution in [1.29, 1.82) is 0 Å². The van der Waals surface area contributed by atoms with Crippen LogP contribution in [0.5, 0.6) is 0 Å². The van der Waals surface area contributed by atoms with Gasteiger partial charge in [-0.2, -0.15) is 0 Å². The molecule has 5 heteroatoms. The van der Waals surface area contributed by atoms with E-state index in [2.05, 4.69) is 0 Å². The third kappa shape index (κ3) is 3.34. The van der Waals surface area contributed by atoms with E-state index in [1.165, 1.54) is 12.1 Å². The Morgan fingerprint density at radius 1 is 1.47 bits per heavy atom. The van der Waals surface area contributed by atoms with E-state index in [0.29, 0.717) is 23.2 Å². The zero-order valence-electron chi connectivity index (χ0n) is 9.47. The third-order valence-electron chi connectivity index (χ3n) is 2.99. The first kappa shape index (κ1) is 12.7. The number of hydrogen-bond donors (Lipinski definition) is 1. The van der Waals surface area contributed by atoms with Crippen LogP contribution >= 0.6 is 0 Å². The fourth-order valence-electron chi connectivity index (χ4n) is 1.88. The van der Waals surface area contributed by atoms with Crippen molar-refractivity contribution in [2.45, 2.75) is 17.4 Å². The van der Waals surface area contributed by atoms with Crippen molar-refractivity contribution in [2.75, 3.05) is 19.0 Å². The molecule has 1 aliphatic rings. The van der Waals surface area contributed by atoms with Crippen molar-refractivity contribution in [3.8, 4) is 0 Å². The molecule has 3 nitrogen and oxygen atoms in total. The third-order valence-corrected chi connectivity index (χ3v) is 4.48. The number of benzene rings is 1. The Bertz CT molecular complexity index is 390. The van der Waals surface area contributed by atoms with Crippen molar-refractivity contribution < 1.29 is 13.3 Å². The Morgan fingerprint density at radius 3 is 2.76 bits per heavy atom. The monoisotopic (exact) mass is 257 g/mol. The molecule has 3 unspecified atom stereocenters. The van der Waals surface area contributed by atoms with Crippen LogP contribution in [0.2, 0.25) is 0 Å². The van der Waals surface area contributed by atoms with E-state index in [9.17, 15) is 8.60 Å². The van der Waals surface area contributed by atoms with E-state index in [0.717, 1.165) is 13.0 Å². The molecule has 3 atom stereocenters. The zero-order valence-corrected chi connectivity index (χ0v) is 10.3. The van der Waals surface area contributed by atoms with Gasteiger partial charge < -0.3 is 10.5 Å². The van der Waals surface area contributed by atoms with Crippen molar-refractivity contribution in [1.82, 2.24) is 0 Å². The lowest BCUT2D eigenvalue weighted by Gasteiger charge is -2.16. The minimum Gasteiger partial charge on any atom is -0.381 e. The quantitative estimate of drug-likeness (QED) is 0.884. The zero-order chi connectivity index (χ0) is 12.3. The molecule has 1 aromatic carbocycles. The Balaban J connectivity index is 1.94. The first-order valence-corrected chi connectivity index (χ1v) is 6.96. The van der Waals surface area contributed by atoms with Crippen molar-refractivity contribution in [3.63, 3.8) is 0 Å². The number of rotatable bonds is 4. The van der Waals surface area contributed by atoms with E-state index in [1.54, 1.807) is 12.1 Å². The molecule has 0 radical (unpaired) electrons. The molecule has 0 aromatic heterocycles. The van der Waals surface area contributed by atoms with Crippen LogP contribution < -0.4 is 5.73 Å². The predicted octanol–water partition coefficient (Wildman–Crippen LogP) is 1.30. The molecule has 0 spiro atoms. The summed E-state index contributed by atoms with van der Waals surface area (Å²) in [6.07, 6.45) is 0.932. The summed E-state index contributed by atoms with van der Waals surface area (Å²) < 4.78 is 30.0. The van der Waals surface area contributed by atoms with Crippen molar-refractivity contribution in [2.24, 2.45) is 11.7 Å². The minimum absolute atomic E-state index is 0.122. The fraction of sp³-hybridized carbons (Fsp3) is 0.500. The second kappa shape index (κ2) is 5.71. The van der Waals surface area contributed by atoms with Gasteiger partial charge in [0.25, 0.3) is 0 Å². The van der Waals surface area contributed by atoms with E-state index in [-0.39, 0.29) is 11.9 Å². The van der Waals surface area contributed by atoms with Gasteiger partial charge in [0.05, 0.1) is 17.4 Å². The molecule has 1 aromatic rings. The van der Waals surface area contributed by atoms with Gasteiger partial charge in [-0.05, 0) is 30.7 Å². The van der Waals surface area contributed by atoms with Gasteiger partial charge in [-0.3, -0.25) is 4.21 Å². The molecule has 0 saturated carbocycles. The fourth-order valence-corrected chi connectivity index (χ4v) is 3.14.